The van der Waals surface area contributed by atoms with E-state index in [4.69, 9.17) is 15.6 Å². The number of hydrogen-bond donors (Lipinski definition) is 3. The number of carboxylic acids is 1. The van der Waals surface area contributed by atoms with Crippen LogP contribution >= 0.6 is 0 Å². The van der Waals surface area contributed by atoms with Gasteiger partial charge in [0.1, 0.15) is 11.8 Å². The standard InChI is InChI=1S/C30H32N2O5/c31-29(35)28(24-11-6-7-12-26(24)37-18-8-2-5-13-27(33)34)32-30(36)22-16-17-23(20-9-3-1-4-10-20)25(19-22)21-14-15-21/h1,3-4,6-7,9-12,16-17,19,21,28H,2,5,8,13-15,18H2,(H2,31,35)(H,32,36)(H,33,34). The van der Waals surface area contributed by atoms with Gasteiger partial charge in [-0.2, -0.15) is 0 Å². The third-order valence-corrected chi connectivity index (χ3v) is 6.50. The van der Waals surface area contributed by atoms with Gasteiger partial charge in [-0.15, -0.1) is 0 Å². The van der Waals surface area contributed by atoms with Crippen LogP contribution in [-0.4, -0.2) is 29.5 Å². The van der Waals surface area contributed by atoms with Crippen molar-refractivity contribution in [2.75, 3.05) is 6.61 Å². The number of aliphatic carboxylic acids is 1. The van der Waals surface area contributed by atoms with Crippen LogP contribution in [0, 0.1) is 0 Å². The number of nitrogens with one attached hydrogen (secondary N) is 1. The molecule has 7 nitrogen and oxygen atoms in total. The molecule has 37 heavy (non-hydrogen) atoms. The molecule has 0 aromatic heterocycles. The van der Waals surface area contributed by atoms with E-state index in [-0.39, 0.29) is 12.3 Å². The molecule has 0 bridgehead atoms. The summed E-state index contributed by atoms with van der Waals surface area (Å²) >= 11 is 0. The van der Waals surface area contributed by atoms with Gasteiger partial charge in [-0.1, -0.05) is 54.6 Å². The van der Waals surface area contributed by atoms with Gasteiger partial charge in [0, 0.05) is 17.5 Å². The van der Waals surface area contributed by atoms with Crippen molar-refractivity contribution in [3.8, 4) is 16.9 Å². The summed E-state index contributed by atoms with van der Waals surface area (Å²) in [4.78, 5) is 36.3. The second-order valence-corrected chi connectivity index (χ2v) is 9.34. The van der Waals surface area contributed by atoms with Crippen molar-refractivity contribution in [3.05, 3.63) is 89.5 Å². The van der Waals surface area contributed by atoms with E-state index in [9.17, 15) is 14.4 Å². The molecule has 4 N–H and O–H groups in total. The van der Waals surface area contributed by atoms with E-state index < -0.39 is 17.9 Å². The first-order chi connectivity index (χ1) is 17.9. The Bertz CT molecular complexity index is 1250. The smallest absolute Gasteiger partial charge is 0.303 e. The van der Waals surface area contributed by atoms with Gasteiger partial charge in [-0.05, 0) is 72.9 Å². The highest BCUT2D eigenvalue weighted by Crippen LogP contribution is 2.44. The van der Waals surface area contributed by atoms with Crippen LogP contribution in [0.2, 0.25) is 0 Å². The molecular weight excluding hydrogens is 468 g/mol. The van der Waals surface area contributed by atoms with E-state index in [1.54, 1.807) is 30.3 Å². The Balaban J connectivity index is 1.48. The molecule has 4 rings (SSSR count). The topological polar surface area (TPSA) is 119 Å². The fraction of sp³-hybridized carbons (Fsp3) is 0.300. The van der Waals surface area contributed by atoms with Gasteiger partial charge in [0.15, 0.2) is 0 Å². The van der Waals surface area contributed by atoms with Crippen molar-refractivity contribution in [3.63, 3.8) is 0 Å². The molecule has 1 unspecified atom stereocenters. The van der Waals surface area contributed by atoms with E-state index in [1.165, 1.54) is 0 Å². The predicted octanol–water partition coefficient (Wildman–Crippen LogP) is 5.21. The van der Waals surface area contributed by atoms with Crippen LogP contribution in [0.4, 0.5) is 0 Å². The van der Waals surface area contributed by atoms with E-state index in [0.717, 1.165) is 29.5 Å². The summed E-state index contributed by atoms with van der Waals surface area (Å²) < 4.78 is 5.88. The first-order valence-electron chi connectivity index (χ1n) is 12.7. The van der Waals surface area contributed by atoms with E-state index in [2.05, 4.69) is 17.4 Å². The first-order valence-corrected chi connectivity index (χ1v) is 12.7. The molecule has 1 atom stereocenters. The van der Waals surface area contributed by atoms with Gasteiger partial charge in [0.05, 0.1) is 6.61 Å². The van der Waals surface area contributed by atoms with Crippen molar-refractivity contribution in [2.24, 2.45) is 5.73 Å². The minimum absolute atomic E-state index is 0.126. The number of rotatable bonds is 13. The summed E-state index contributed by atoms with van der Waals surface area (Å²) in [5, 5.41) is 11.6. The quantitative estimate of drug-likeness (QED) is 0.278. The van der Waals surface area contributed by atoms with E-state index >= 15 is 0 Å². The number of primary amides is 1. The molecule has 0 saturated heterocycles. The molecule has 1 aliphatic rings. The molecule has 0 heterocycles. The van der Waals surface area contributed by atoms with Crippen LogP contribution < -0.4 is 15.8 Å². The number of hydrogen-bond acceptors (Lipinski definition) is 4. The minimum atomic E-state index is -1.06. The monoisotopic (exact) mass is 500 g/mol. The van der Waals surface area contributed by atoms with Gasteiger partial charge in [-0.25, -0.2) is 0 Å². The SMILES string of the molecule is NC(=O)C(NC(=O)c1ccc(-c2ccccc2)c(C2CC2)c1)c1ccccc1OCCCCCC(=O)O. The molecule has 0 spiro atoms. The lowest BCUT2D eigenvalue weighted by Gasteiger charge is -2.20. The molecular formula is C30H32N2O5. The summed E-state index contributed by atoms with van der Waals surface area (Å²) in [6.07, 6.45) is 4.28. The number of nitrogens with two attached hydrogens (primary N) is 1. The summed E-state index contributed by atoms with van der Waals surface area (Å²) in [7, 11) is 0. The zero-order valence-electron chi connectivity index (χ0n) is 20.7. The summed E-state index contributed by atoms with van der Waals surface area (Å²) in [5.41, 5.74) is 10.0. The Morgan fingerprint density at radius 3 is 2.38 bits per heavy atom. The number of carboxylic acid groups (broad SMARTS) is 1. The largest absolute Gasteiger partial charge is 0.493 e. The fourth-order valence-electron chi connectivity index (χ4n) is 4.42. The molecule has 2 amide bonds. The summed E-state index contributed by atoms with van der Waals surface area (Å²) in [5.74, 6) is -0.990. The van der Waals surface area contributed by atoms with Crippen LogP contribution in [0.15, 0.2) is 72.8 Å². The first kappa shape index (κ1) is 25.9. The van der Waals surface area contributed by atoms with Crippen LogP contribution in [0.3, 0.4) is 0 Å². The summed E-state index contributed by atoms with van der Waals surface area (Å²) in [6.45, 7) is 0.363. The zero-order chi connectivity index (χ0) is 26.2. The Morgan fingerprint density at radius 1 is 0.946 bits per heavy atom. The lowest BCUT2D eigenvalue weighted by atomic mass is 9.94. The molecule has 1 aliphatic carbocycles. The molecule has 192 valence electrons. The van der Waals surface area contributed by atoms with Crippen molar-refractivity contribution in [1.82, 2.24) is 5.32 Å². The second kappa shape index (κ2) is 12.2. The number of carbonyl (C=O) groups is 3. The van der Waals surface area contributed by atoms with Crippen molar-refractivity contribution >= 4 is 17.8 Å². The van der Waals surface area contributed by atoms with Crippen LogP contribution in [-0.2, 0) is 9.59 Å². The molecule has 0 radical (unpaired) electrons. The van der Waals surface area contributed by atoms with E-state index in [1.807, 2.05) is 30.3 Å². The number of benzene rings is 3. The molecule has 3 aromatic rings. The Labute approximate surface area is 216 Å². The number of para-hydroxylation sites is 1. The van der Waals surface area contributed by atoms with Crippen LogP contribution in [0.1, 0.15) is 72.0 Å². The molecule has 3 aromatic carbocycles. The Morgan fingerprint density at radius 2 is 1.68 bits per heavy atom. The van der Waals surface area contributed by atoms with Gasteiger partial charge in [0.2, 0.25) is 5.91 Å². The number of amides is 2. The maximum absolute atomic E-state index is 13.3. The van der Waals surface area contributed by atoms with Gasteiger partial charge >= 0.3 is 5.97 Å². The van der Waals surface area contributed by atoms with Crippen LogP contribution in [0.5, 0.6) is 5.75 Å². The number of unbranched alkanes of at least 4 members (excludes halogenated alkanes) is 2. The van der Waals surface area contributed by atoms with Crippen molar-refractivity contribution in [2.45, 2.75) is 50.5 Å². The maximum Gasteiger partial charge on any atom is 0.303 e. The third-order valence-electron chi connectivity index (χ3n) is 6.50. The van der Waals surface area contributed by atoms with Gasteiger partial charge in [-0.3, -0.25) is 14.4 Å². The lowest BCUT2D eigenvalue weighted by Crippen LogP contribution is -2.37. The van der Waals surface area contributed by atoms with E-state index in [0.29, 0.717) is 48.7 Å². The zero-order valence-corrected chi connectivity index (χ0v) is 20.7. The average molecular weight is 501 g/mol. The highest BCUT2D eigenvalue weighted by molar-refractivity contribution is 5.98. The fourth-order valence-corrected chi connectivity index (χ4v) is 4.42. The Kier molecular flexibility index (Phi) is 8.56. The predicted molar refractivity (Wildman–Crippen MR) is 141 cm³/mol. The van der Waals surface area contributed by atoms with Crippen LogP contribution in [0.25, 0.3) is 11.1 Å². The lowest BCUT2D eigenvalue weighted by molar-refractivity contribution is -0.137. The Hall–Kier alpha value is -4.13. The highest BCUT2D eigenvalue weighted by atomic mass is 16.5. The maximum atomic E-state index is 13.3. The van der Waals surface area contributed by atoms with Gasteiger partial charge in [0.25, 0.3) is 5.91 Å². The minimum Gasteiger partial charge on any atom is -0.493 e. The normalized spacial score (nSPS) is 13.5. The molecule has 1 saturated carbocycles. The molecule has 0 aliphatic heterocycles. The summed E-state index contributed by atoms with van der Waals surface area (Å²) in [6, 6.07) is 21.7. The number of carbonyl (C=O) groups excluding carboxylic acids is 2. The third kappa shape index (κ3) is 6.97. The van der Waals surface area contributed by atoms with Crippen molar-refractivity contribution < 1.29 is 24.2 Å². The average Bonchev–Trinajstić information content (AvgIpc) is 3.75. The highest BCUT2D eigenvalue weighted by Gasteiger charge is 2.29. The number of ether oxygens (including phenoxy) is 1. The van der Waals surface area contributed by atoms with Crippen molar-refractivity contribution in [1.29, 1.82) is 0 Å². The molecule has 1 fully saturated rings. The second-order valence-electron chi connectivity index (χ2n) is 9.34. The molecule has 7 heteroatoms. The van der Waals surface area contributed by atoms with Gasteiger partial charge < -0.3 is 20.9 Å².